The highest BCUT2D eigenvalue weighted by Gasteiger charge is 2.61. The summed E-state index contributed by atoms with van der Waals surface area (Å²) in [5.41, 5.74) is 4.29. The molecule has 1 aliphatic heterocycles. The number of allylic oxidation sites excluding steroid dienone is 5. The fourth-order valence-electron chi connectivity index (χ4n) is 14.3. The number of benzene rings is 1. The Bertz CT molecular complexity index is 1940. The Hall–Kier alpha value is -2.75. The zero-order valence-corrected chi connectivity index (χ0v) is 39.6. The van der Waals surface area contributed by atoms with E-state index in [1.807, 2.05) is 25.1 Å². The van der Waals surface area contributed by atoms with Gasteiger partial charge in [0.05, 0.1) is 23.7 Å². The van der Waals surface area contributed by atoms with E-state index < -0.39 is 21.2 Å². The molecule has 1 aromatic carbocycles. The van der Waals surface area contributed by atoms with Crippen molar-refractivity contribution in [3.05, 3.63) is 71.3 Å². The van der Waals surface area contributed by atoms with Crippen LogP contribution in [0, 0.1) is 51.2 Å². The maximum Gasteiger partial charge on any atom is 0.338 e. The summed E-state index contributed by atoms with van der Waals surface area (Å²) >= 11 is 0. The second kappa shape index (κ2) is 18.0. The number of sulfone groups is 1. The number of hydrogen-bond donors (Lipinski definition) is 1. The quantitative estimate of drug-likeness (QED) is 0.173. The summed E-state index contributed by atoms with van der Waals surface area (Å²) in [6, 6.07) is 9.00. The lowest BCUT2D eigenvalue weighted by Gasteiger charge is -2.64. The summed E-state index contributed by atoms with van der Waals surface area (Å²) in [6.07, 6.45) is 18.9. The van der Waals surface area contributed by atoms with E-state index >= 15 is 0 Å². The van der Waals surface area contributed by atoms with Gasteiger partial charge in [-0.1, -0.05) is 83.5 Å². The van der Waals surface area contributed by atoms with E-state index in [1.54, 1.807) is 12.1 Å². The molecule has 0 aromatic heterocycles. The van der Waals surface area contributed by atoms with Crippen LogP contribution in [-0.4, -0.2) is 81.7 Å². The van der Waals surface area contributed by atoms with Crippen LogP contribution in [0.1, 0.15) is 142 Å². The Balaban J connectivity index is 1.09. The van der Waals surface area contributed by atoms with Crippen LogP contribution in [0.3, 0.4) is 0 Å². The molecule has 1 N–H and O–H groups in total. The first-order valence-corrected chi connectivity index (χ1v) is 25.8. The highest BCUT2D eigenvalue weighted by molar-refractivity contribution is 7.91. The van der Waals surface area contributed by atoms with Crippen LogP contribution in [0.4, 0.5) is 0 Å². The van der Waals surface area contributed by atoms with Crippen molar-refractivity contribution < 1.29 is 27.5 Å². The van der Waals surface area contributed by atoms with Crippen LogP contribution >= 0.6 is 0 Å². The van der Waals surface area contributed by atoms with Gasteiger partial charge >= 0.3 is 11.9 Å². The zero-order valence-electron chi connectivity index (χ0n) is 38.8. The lowest BCUT2D eigenvalue weighted by Crippen LogP contribution is -2.57. The minimum absolute atomic E-state index is 0.0168. The fourth-order valence-corrected chi connectivity index (χ4v) is 15.6. The average Bonchev–Trinajstić information content (AvgIpc) is 3.59. The molecule has 3 unspecified atom stereocenters. The molecule has 5 aliphatic carbocycles. The van der Waals surface area contributed by atoms with Gasteiger partial charge in [-0.2, -0.15) is 0 Å². The summed E-state index contributed by atoms with van der Waals surface area (Å²) in [5.74, 6) is 2.80. The molecule has 338 valence electrons. The standard InChI is InChI=1S/C52H78N2O6S/c1-9-59-47(56)51(36-60-46(55)40-14-11-10-12-15-40)26-19-39(20-27-51)42-22-24-50(8)44(48(42,5)6)23-25-49(7)38(4)18-28-52(53-30-31-54-32-34-61(57,58)35-33-54)29-21-41(37(2)3)43(52)16-13-17-45(49)50/h10-12,14-15,19,22,38,41,43-45,53H,2,9,13,16-18,20-21,23-36H2,1,3-8H3/t38-,41+,43?,44?,45?,49+,50+,51+,52-/m1/s1. The molecule has 0 bridgehead atoms. The van der Waals surface area contributed by atoms with Gasteiger partial charge in [0.2, 0.25) is 0 Å². The molecule has 9 atom stereocenters. The van der Waals surface area contributed by atoms with Crippen LogP contribution in [0.15, 0.2) is 65.8 Å². The van der Waals surface area contributed by atoms with E-state index in [1.165, 1.54) is 74.5 Å². The van der Waals surface area contributed by atoms with Crippen molar-refractivity contribution >= 4 is 21.8 Å². The molecule has 3 saturated carbocycles. The smallest absolute Gasteiger partial charge is 0.338 e. The molecule has 4 fully saturated rings. The predicted molar refractivity (Wildman–Crippen MR) is 246 cm³/mol. The van der Waals surface area contributed by atoms with Crippen molar-refractivity contribution in [3.8, 4) is 0 Å². The molecular weight excluding hydrogens is 781 g/mol. The van der Waals surface area contributed by atoms with E-state index in [0.717, 1.165) is 25.9 Å². The number of esters is 2. The lowest BCUT2D eigenvalue weighted by molar-refractivity contribution is -0.158. The second-order valence-corrected chi connectivity index (χ2v) is 23.9. The summed E-state index contributed by atoms with van der Waals surface area (Å²) in [6.45, 7) is 25.0. The third-order valence-electron chi connectivity index (χ3n) is 18.1. The fraction of sp³-hybridized carbons (Fsp3) is 0.731. The van der Waals surface area contributed by atoms with Crippen LogP contribution in [0.2, 0.25) is 0 Å². The Morgan fingerprint density at radius 3 is 2.26 bits per heavy atom. The number of carbonyl (C=O) groups excluding carboxylic acids is 2. The second-order valence-electron chi connectivity index (χ2n) is 21.6. The first-order chi connectivity index (χ1) is 28.9. The topological polar surface area (TPSA) is 102 Å². The molecule has 9 heteroatoms. The number of rotatable bonds is 11. The molecule has 7 rings (SSSR count). The molecule has 61 heavy (non-hydrogen) atoms. The molecular formula is C52H78N2O6S. The zero-order chi connectivity index (χ0) is 43.8. The number of hydrogen-bond acceptors (Lipinski definition) is 8. The highest BCUT2D eigenvalue weighted by Crippen LogP contribution is 2.68. The molecule has 6 aliphatic rings. The molecule has 0 radical (unpaired) electrons. The molecule has 1 saturated heterocycles. The number of nitrogens with zero attached hydrogens (tertiary/aromatic N) is 1. The highest BCUT2D eigenvalue weighted by atomic mass is 32.2. The maximum absolute atomic E-state index is 13.6. The van der Waals surface area contributed by atoms with Gasteiger partial charge in [0.1, 0.15) is 12.0 Å². The monoisotopic (exact) mass is 859 g/mol. The minimum atomic E-state index is -2.88. The predicted octanol–water partition coefficient (Wildman–Crippen LogP) is 10.2. The van der Waals surface area contributed by atoms with Crippen molar-refractivity contribution in [3.63, 3.8) is 0 Å². The Labute approximate surface area is 369 Å². The van der Waals surface area contributed by atoms with Gasteiger partial charge in [-0.3, -0.25) is 4.79 Å². The molecule has 0 amide bonds. The lowest BCUT2D eigenvalue weighted by atomic mass is 9.40. The molecule has 0 spiro atoms. The largest absolute Gasteiger partial charge is 0.465 e. The third kappa shape index (κ3) is 9.01. The number of ether oxygens (including phenoxy) is 2. The third-order valence-corrected chi connectivity index (χ3v) is 19.7. The maximum atomic E-state index is 13.6. The average molecular weight is 859 g/mol. The summed E-state index contributed by atoms with van der Waals surface area (Å²) in [4.78, 5) is 28.9. The molecule has 1 aromatic rings. The Kier molecular flexibility index (Phi) is 13.7. The van der Waals surface area contributed by atoms with Crippen molar-refractivity contribution in [2.75, 3.05) is 50.9 Å². The summed E-state index contributed by atoms with van der Waals surface area (Å²) in [5, 5.41) is 4.21. The van der Waals surface area contributed by atoms with Crippen LogP contribution in [0.5, 0.6) is 0 Å². The normalized spacial score (nSPS) is 37.5. The first-order valence-electron chi connectivity index (χ1n) is 24.0. The SMILES string of the molecule is C=C(C)[C@@H]1CC[C@]2(NCCN3CCS(=O)(=O)CC3)CC[C@@H](C)[C@]3(C)CCC4C(C)(C)C(C5=CC[C@](COC(=O)c6ccccc6)(C(=O)OCC)CC5)=CC[C@]4(C)C3CCCC12. The Morgan fingerprint density at radius 2 is 1.59 bits per heavy atom. The van der Waals surface area contributed by atoms with E-state index in [-0.39, 0.29) is 45.9 Å². The van der Waals surface area contributed by atoms with Crippen molar-refractivity contribution in [2.45, 2.75) is 137 Å². The van der Waals surface area contributed by atoms with Gasteiger partial charge in [0.25, 0.3) is 0 Å². The van der Waals surface area contributed by atoms with Crippen molar-refractivity contribution in [1.82, 2.24) is 10.2 Å². The first kappa shape index (κ1) is 46.2. The van der Waals surface area contributed by atoms with E-state index in [4.69, 9.17) is 9.47 Å². The molecule has 1 heterocycles. The number of nitrogens with one attached hydrogen (secondary N) is 1. The van der Waals surface area contributed by atoms with Crippen LogP contribution < -0.4 is 5.32 Å². The van der Waals surface area contributed by atoms with Gasteiger partial charge in [0.15, 0.2) is 9.84 Å². The Morgan fingerprint density at radius 1 is 0.869 bits per heavy atom. The summed E-state index contributed by atoms with van der Waals surface area (Å²) < 4.78 is 35.7. The van der Waals surface area contributed by atoms with Gasteiger partial charge in [-0.15, -0.1) is 0 Å². The minimum Gasteiger partial charge on any atom is -0.465 e. The van der Waals surface area contributed by atoms with Gasteiger partial charge in [-0.25, -0.2) is 13.2 Å². The number of carbonyl (C=O) groups is 2. The number of fused-ring (bicyclic) bond motifs is 4. The van der Waals surface area contributed by atoms with Crippen molar-refractivity contribution in [1.29, 1.82) is 0 Å². The van der Waals surface area contributed by atoms with Crippen LogP contribution in [0.25, 0.3) is 0 Å². The van der Waals surface area contributed by atoms with Crippen LogP contribution in [-0.2, 0) is 24.1 Å². The van der Waals surface area contributed by atoms with Crippen molar-refractivity contribution in [2.24, 2.45) is 51.2 Å². The van der Waals surface area contributed by atoms with Gasteiger partial charge in [0, 0.05) is 31.7 Å². The van der Waals surface area contributed by atoms with E-state index in [0.29, 0.717) is 67.7 Å². The van der Waals surface area contributed by atoms with E-state index in [2.05, 4.69) is 70.5 Å². The summed E-state index contributed by atoms with van der Waals surface area (Å²) in [7, 11) is -2.88. The van der Waals surface area contributed by atoms with E-state index in [9.17, 15) is 18.0 Å². The van der Waals surface area contributed by atoms with Gasteiger partial charge in [-0.05, 0) is 160 Å². The molecule has 8 nitrogen and oxygen atoms in total. The van der Waals surface area contributed by atoms with Gasteiger partial charge < -0.3 is 19.7 Å².